The molecule has 1 saturated heterocycles. The average molecular weight is 454 g/mol. The van der Waals surface area contributed by atoms with Gasteiger partial charge >= 0.3 is 0 Å². The fourth-order valence-electron chi connectivity index (χ4n) is 2.89. The zero-order valence-electron chi connectivity index (χ0n) is 15.4. The lowest BCUT2D eigenvalue weighted by Gasteiger charge is -2.38. The SMILES string of the molecule is CN=C(NCCCOCC1CC1)NCC(C)N1CCOCC1C.I. The number of hydrogen-bond acceptors (Lipinski definition) is 4. The van der Waals surface area contributed by atoms with E-state index >= 15 is 0 Å². The Kier molecular flexibility index (Phi) is 11.2. The molecule has 0 bridgehead atoms. The third-order valence-electron chi connectivity index (χ3n) is 4.58. The molecule has 2 unspecified atom stereocenters. The lowest BCUT2D eigenvalue weighted by Crippen LogP contribution is -2.53. The van der Waals surface area contributed by atoms with Gasteiger partial charge in [-0.2, -0.15) is 0 Å². The standard InChI is InChI=1S/C17H34N4O2.HI/c1-14(21-8-10-23-12-15(21)2)11-20-17(18-3)19-7-4-9-22-13-16-5-6-16;/h14-16H,4-13H2,1-3H3,(H2,18,19,20);1H. The fourth-order valence-corrected chi connectivity index (χ4v) is 2.89. The monoisotopic (exact) mass is 454 g/mol. The highest BCUT2D eigenvalue weighted by atomic mass is 127. The number of nitrogens with zero attached hydrogens (tertiary/aromatic N) is 2. The maximum Gasteiger partial charge on any atom is 0.191 e. The number of ether oxygens (including phenoxy) is 2. The van der Waals surface area contributed by atoms with Gasteiger partial charge in [-0.1, -0.05) is 0 Å². The number of nitrogens with one attached hydrogen (secondary N) is 2. The average Bonchev–Trinajstić information content (AvgIpc) is 3.38. The number of aliphatic imine (C=N–C) groups is 1. The van der Waals surface area contributed by atoms with Crippen LogP contribution >= 0.6 is 24.0 Å². The minimum Gasteiger partial charge on any atom is -0.381 e. The normalized spacial score (nSPS) is 23.5. The number of morpholine rings is 1. The summed E-state index contributed by atoms with van der Waals surface area (Å²) in [6.07, 6.45) is 3.73. The van der Waals surface area contributed by atoms with Crippen molar-refractivity contribution >= 4 is 29.9 Å². The molecule has 24 heavy (non-hydrogen) atoms. The molecule has 2 fully saturated rings. The van der Waals surface area contributed by atoms with Crippen molar-refractivity contribution in [1.82, 2.24) is 15.5 Å². The first-order valence-electron chi connectivity index (χ1n) is 9.06. The van der Waals surface area contributed by atoms with Crippen LogP contribution in [0.1, 0.15) is 33.1 Å². The summed E-state index contributed by atoms with van der Waals surface area (Å²) in [4.78, 5) is 6.79. The predicted octanol–water partition coefficient (Wildman–Crippen LogP) is 1.70. The second-order valence-corrected chi connectivity index (χ2v) is 6.76. The Morgan fingerprint density at radius 2 is 2.17 bits per heavy atom. The van der Waals surface area contributed by atoms with Crippen LogP contribution in [0.25, 0.3) is 0 Å². The van der Waals surface area contributed by atoms with Crippen LogP contribution < -0.4 is 10.6 Å². The molecule has 0 amide bonds. The Bertz CT molecular complexity index is 366. The van der Waals surface area contributed by atoms with Crippen molar-refractivity contribution in [2.45, 2.75) is 45.2 Å². The number of rotatable bonds is 9. The van der Waals surface area contributed by atoms with E-state index in [2.05, 4.69) is 34.4 Å². The van der Waals surface area contributed by atoms with Gasteiger partial charge in [0.1, 0.15) is 0 Å². The van der Waals surface area contributed by atoms with Crippen molar-refractivity contribution in [1.29, 1.82) is 0 Å². The zero-order chi connectivity index (χ0) is 16.5. The summed E-state index contributed by atoms with van der Waals surface area (Å²) in [5.41, 5.74) is 0. The van der Waals surface area contributed by atoms with Crippen LogP contribution in [-0.4, -0.2) is 76.1 Å². The van der Waals surface area contributed by atoms with Gasteiger partial charge in [0.25, 0.3) is 0 Å². The van der Waals surface area contributed by atoms with Crippen molar-refractivity contribution in [2.75, 3.05) is 53.1 Å². The van der Waals surface area contributed by atoms with Gasteiger partial charge in [-0.05, 0) is 39.0 Å². The fraction of sp³-hybridized carbons (Fsp3) is 0.941. The molecule has 1 aliphatic heterocycles. The van der Waals surface area contributed by atoms with Crippen molar-refractivity contribution in [3.05, 3.63) is 0 Å². The second kappa shape index (κ2) is 12.3. The van der Waals surface area contributed by atoms with Gasteiger partial charge in [0, 0.05) is 52.0 Å². The Balaban J connectivity index is 0.00000288. The molecule has 0 spiro atoms. The molecule has 0 aromatic carbocycles. The highest BCUT2D eigenvalue weighted by Crippen LogP contribution is 2.28. The van der Waals surface area contributed by atoms with Crippen LogP contribution in [0.5, 0.6) is 0 Å². The van der Waals surface area contributed by atoms with Gasteiger partial charge in [0.2, 0.25) is 0 Å². The number of hydrogen-bond donors (Lipinski definition) is 2. The largest absolute Gasteiger partial charge is 0.381 e. The third-order valence-corrected chi connectivity index (χ3v) is 4.58. The lowest BCUT2D eigenvalue weighted by atomic mass is 10.2. The Hall–Kier alpha value is -0.120. The Morgan fingerprint density at radius 3 is 2.83 bits per heavy atom. The van der Waals surface area contributed by atoms with Crippen LogP contribution in [0, 0.1) is 5.92 Å². The van der Waals surface area contributed by atoms with Crippen LogP contribution in [-0.2, 0) is 9.47 Å². The molecule has 1 aliphatic carbocycles. The third kappa shape index (κ3) is 8.31. The first-order valence-corrected chi connectivity index (χ1v) is 9.06. The van der Waals surface area contributed by atoms with Crippen LogP contribution in [0.3, 0.4) is 0 Å². The molecule has 2 atom stereocenters. The van der Waals surface area contributed by atoms with Crippen molar-refractivity contribution < 1.29 is 9.47 Å². The summed E-state index contributed by atoms with van der Waals surface area (Å²) in [5.74, 6) is 1.72. The van der Waals surface area contributed by atoms with Gasteiger partial charge < -0.3 is 20.1 Å². The van der Waals surface area contributed by atoms with E-state index in [0.29, 0.717) is 12.1 Å². The van der Waals surface area contributed by atoms with E-state index in [1.54, 1.807) is 0 Å². The van der Waals surface area contributed by atoms with Gasteiger partial charge in [-0.15, -0.1) is 24.0 Å². The maximum absolute atomic E-state index is 5.64. The molecule has 0 aromatic rings. The molecular weight excluding hydrogens is 419 g/mol. The van der Waals surface area contributed by atoms with E-state index in [0.717, 1.165) is 64.4 Å². The Morgan fingerprint density at radius 1 is 1.38 bits per heavy atom. The lowest BCUT2D eigenvalue weighted by molar-refractivity contribution is -0.0174. The van der Waals surface area contributed by atoms with E-state index in [-0.39, 0.29) is 24.0 Å². The van der Waals surface area contributed by atoms with Gasteiger partial charge in [0.15, 0.2) is 5.96 Å². The topological polar surface area (TPSA) is 58.1 Å². The van der Waals surface area contributed by atoms with E-state index < -0.39 is 0 Å². The van der Waals surface area contributed by atoms with Crippen molar-refractivity contribution in [3.63, 3.8) is 0 Å². The summed E-state index contributed by atoms with van der Waals surface area (Å²) in [5, 5.41) is 6.78. The highest BCUT2D eigenvalue weighted by molar-refractivity contribution is 14.0. The van der Waals surface area contributed by atoms with Gasteiger partial charge in [0.05, 0.1) is 13.2 Å². The van der Waals surface area contributed by atoms with Gasteiger partial charge in [-0.25, -0.2) is 0 Å². The molecule has 142 valence electrons. The zero-order valence-corrected chi connectivity index (χ0v) is 17.8. The predicted molar refractivity (Wildman–Crippen MR) is 109 cm³/mol. The van der Waals surface area contributed by atoms with Crippen LogP contribution in [0.2, 0.25) is 0 Å². The molecule has 0 aromatic heterocycles. The molecule has 2 aliphatic rings. The van der Waals surface area contributed by atoms with E-state index in [4.69, 9.17) is 9.47 Å². The molecular formula is C17H35IN4O2. The summed E-state index contributed by atoms with van der Waals surface area (Å²) in [7, 11) is 1.82. The van der Waals surface area contributed by atoms with Crippen molar-refractivity contribution in [2.24, 2.45) is 10.9 Å². The van der Waals surface area contributed by atoms with E-state index in [9.17, 15) is 0 Å². The van der Waals surface area contributed by atoms with Crippen LogP contribution in [0.15, 0.2) is 4.99 Å². The Labute approximate surface area is 164 Å². The molecule has 6 nitrogen and oxygen atoms in total. The van der Waals surface area contributed by atoms with E-state index in [1.807, 2.05) is 7.05 Å². The molecule has 1 saturated carbocycles. The van der Waals surface area contributed by atoms with Crippen molar-refractivity contribution in [3.8, 4) is 0 Å². The summed E-state index contributed by atoms with van der Waals surface area (Å²) in [6, 6.07) is 0.952. The molecule has 7 heteroatoms. The second-order valence-electron chi connectivity index (χ2n) is 6.76. The number of halogens is 1. The quantitative estimate of drug-likeness (QED) is 0.241. The summed E-state index contributed by atoms with van der Waals surface area (Å²) >= 11 is 0. The first kappa shape index (κ1) is 21.9. The molecule has 2 rings (SSSR count). The summed E-state index contributed by atoms with van der Waals surface area (Å²) < 4.78 is 11.1. The minimum absolute atomic E-state index is 0. The number of guanidine groups is 1. The first-order chi connectivity index (χ1) is 11.2. The van der Waals surface area contributed by atoms with Gasteiger partial charge in [-0.3, -0.25) is 9.89 Å². The smallest absolute Gasteiger partial charge is 0.191 e. The minimum atomic E-state index is 0. The maximum atomic E-state index is 5.64. The highest BCUT2D eigenvalue weighted by Gasteiger charge is 2.23. The molecule has 0 radical (unpaired) electrons. The summed E-state index contributed by atoms with van der Waals surface area (Å²) in [6.45, 7) is 10.7. The van der Waals surface area contributed by atoms with E-state index in [1.165, 1.54) is 12.8 Å². The van der Waals surface area contributed by atoms with Crippen LogP contribution in [0.4, 0.5) is 0 Å². The molecule has 2 N–H and O–H groups in total. The molecule has 1 heterocycles.